The first-order valence-electron chi connectivity index (χ1n) is 5.39. The van der Waals surface area contributed by atoms with Crippen LogP contribution in [0.25, 0.3) is 0 Å². The Bertz CT molecular complexity index is 430. The summed E-state index contributed by atoms with van der Waals surface area (Å²) in [6.45, 7) is 5.63. The van der Waals surface area contributed by atoms with Crippen molar-refractivity contribution in [2.24, 2.45) is 0 Å². The van der Waals surface area contributed by atoms with Gasteiger partial charge in [-0.1, -0.05) is 6.07 Å². The lowest BCUT2D eigenvalue weighted by Gasteiger charge is -2.36. The monoisotopic (exact) mass is 238 g/mol. The van der Waals surface area contributed by atoms with Crippen molar-refractivity contribution in [2.45, 2.75) is 26.3 Å². The summed E-state index contributed by atoms with van der Waals surface area (Å²) in [6, 6.07) is 4.74. The van der Waals surface area contributed by atoms with Crippen LogP contribution in [0.5, 0.6) is 0 Å². The molecule has 1 rings (SSSR count). The van der Waals surface area contributed by atoms with Crippen LogP contribution in [0, 0.1) is 17.0 Å². The Morgan fingerprint density at radius 3 is 2.53 bits per heavy atom. The molecule has 5 nitrogen and oxygen atoms in total. The second kappa shape index (κ2) is 4.71. The standard InChI is InChI=1S/C12H18N2O3/c1-9-5-6-10(14(16)17)7-11(9)13(4)12(2,3)8-15/h5-7,15H,8H2,1-4H3. The molecule has 0 aliphatic carbocycles. The first-order valence-corrected chi connectivity index (χ1v) is 5.39. The molecular weight excluding hydrogens is 220 g/mol. The predicted octanol–water partition coefficient (Wildman–Crippen LogP) is 2.11. The second-order valence-electron chi connectivity index (χ2n) is 4.76. The number of hydrogen-bond donors (Lipinski definition) is 1. The SMILES string of the molecule is Cc1ccc([N+](=O)[O-])cc1N(C)C(C)(C)CO. The zero-order chi connectivity index (χ0) is 13.2. The van der Waals surface area contributed by atoms with E-state index in [0.717, 1.165) is 11.3 Å². The van der Waals surface area contributed by atoms with Crippen molar-refractivity contribution < 1.29 is 10.0 Å². The summed E-state index contributed by atoms with van der Waals surface area (Å²) < 4.78 is 0. The number of rotatable bonds is 4. The molecule has 0 spiro atoms. The summed E-state index contributed by atoms with van der Waals surface area (Å²) in [5.41, 5.74) is 1.31. The molecule has 94 valence electrons. The van der Waals surface area contributed by atoms with E-state index in [1.54, 1.807) is 6.07 Å². The third-order valence-corrected chi connectivity index (χ3v) is 3.06. The molecule has 1 aromatic rings. The average Bonchev–Trinajstić information content (AvgIpc) is 2.28. The van der Waals surface area contributed by atoms with Gasteiger partial charge >= 0.3 is 0 Å². The van der Waals surface area contributed by atoms with Gasteiger partial charge in [0.25, 0.3) is 5.69 Å². The van der Waals surface area contributed by atoms with Crippen molar-refractivity contribution in [1.82, 2.24) is 0 Å². The van der Waals surface area contributed by atoms with Crippen molar-refractivity contribution in [2.75, 3.05) is 18.6 Å². The van der Waals surface area contributed by atoms with Crippen LogP contribution >= 0.6 is 0 Å². The van der Waals surface area contributed by atoms with Crippen molar-refractivity contribution >= 4 is 11.4 Å². The van der Waals surface area contributed by atoms with E-state index in [-0.39, 0.29) is 12.3 Å². The minimum absolute atomic E-state index is 0.0222. The quantitative estimate of drug-likeness (QED) is 0.644. The van der Waals surface area contributed by atoms with Crippen LogP contribution in [-0.4, -0.2) is 29.2 Å². The number of aliphatic hydroxyl groups excluding tert-OH is 1. The molecule has 0 fully saturated rings. The Labute approximate surface area is 101 Å². The number of non-ortho nitro benzene ring substituents is 1. The number of nitrogens with zero attached hydrogens (tertiary/aromatic N) is 2. The van der Waals surface area contributed by atoms with E-state index in [9.17, 15) is 15.2 Å². The summed E-state index contributed by atoms with van der Waals surface area (Å²) >= 11 is 0. The fourth-order valence-corrected chi connectivity index (χ4v) is 1.50. The number of aryl methyl sites for hydroxylation is 1. The minimum Gasteiger partial charge on any atom is -0.394 e. The van der Waals surface area contributed by atoms with Crippen molar-refractivity contribution in [3.8, 4) is 0 Å². The van der Waals surface area contributed by atoms with Crippen molar-refractivity contribution in [1.29, 1.82) is 0 Å². The highest BCUT2D eigenvalue weighted by atomic mass is 16.6. The molecule has 5 heteroatoms. The number of nitro groups is 1. The Morgan fingerprint density at radius 2 is 2.06 bits per heavy atom. The summed E-state index contributed by atoms with van der Waals surface area (Å²) in [5.74, 6) is 0. The highest BCUT2D eigenvalue weighted by Crippen LogP contribution is 2.29. The third-order valence-electron chi connectivity index (χ3n) is 3.06. The number of nitro benzene ring substituents is 1. The Morgan fingerprint density at radius 1 is 1.47 bits per heavy atom. The van der Waals surface area contributed by atoms with E-state index >= 15 is 0 Å². The number of benzene rings is 1. The average molecular weight is 238 g/mol. The molecular formula is C12H18N2O3. The summed E-state index contributed by atoms with van der Waals surface area (Å²) in [7, 11) is 1.82. The third kappa shape index (κ3) is 2.74. The summed E-state index contributed by atoms with van der Waals surface area (Å²) in [5, 5.41) is 20.1. The Hall–Kier alpha value is -1.62. The largest absolute Gasteiger partial charge is 0.394 e. The molecule has 0 saturated heterocycles. The maximum atomic E-state index is 10.7. The number of aliphatic hydroxyl groups is 1. The van der Waals surface area contributed by atoms with Crippen LogP contribution in [0.1, 0.15) is 19.4 Å². The van der Waals surface area contributed by atoms with Gasteiger partial charge < -0.3 is 10.0 Å². The summed E-state index contributed by atoms with van der Waals surface area (Å²) in [4.78, 5) is 12.2. The molecule has 0 amide bonds. The smallest absolute Gasteiger partial charge is 0.271 e. The van der Waals surface area contributed by atoms with Gasteiger partial charge in [-0.15, -0.1) is 0 Å². The zero-order valence-corrected chi connectivity index (χ0v) is 10.6. The van der Waals surface area contributed by atoms with E-state index < -0.39 is 10.5 Å². The topological polar surface area (TPSA) is 66.6 Å². The van der Waals surface area contributed by atoms with Crippen LogP contribution in [-0.2, 0) is 0 Å². The van der Waals surface area contributed by atoms with Crippen LogP contribution in [0.3, 0.4) is 0 Å². The zero-order valence-electron chi connectivity index (χ0n) is 10.6. The van der Waals surface area contributed by atoms with Gasteiger partial charge in [0.05, 0.1) is 17.1 Å². The molecule has 0 aliphatic rings. The lowest BCUT2D eigenvalue weighted by atomic mass is 10.0. The fraction of sp³-hybridized carbons (Fsp3) is 0.500. The molecule has 17 heavy (non-hydrogen) atoms. The van der Waals surface area contributed by atoms with Crippen molar-refractivity contribution in [3.63, 3.8) is 0 Å². The van der Waals surface area contributed by atoms with Gasteiger partial charge in [0, 0.05) is 24.9 Å². The van der Waals surface area contributed by atoms with Gasteiger partial charge in [-0.25, -0.2) is 0 Å². The molecule has 1 N–H and O–H groups in total. The van der Waals surface area contributed by atoms with Crippen LogP contribution in [0.15, 0.2) is 18.2 Å². The van der Waals surface area contributed by atoms with E-state index in [1.165, 1.54) is 12.1 Å². The van der Waals surface area contributed by atoms with Gasteiger partial charge in [-0.2, -0.15) is 0 Å². The van der Waals surface area contributed by atoms with Gasteiger partial charge in [-0.05, 0) is 26.3 Å². The minimum atomic E-state index is -0.458. The molecule has 0 aromatic heterocycles. The summed E-state index contributed by atoms with van der Waals surface area (Å²) in [6.07, 6.45) is 0. The van der Waals surface area contributed by atoms with E-state index in [0.29, 0.717) is 0 Å². The lowest BCUT2D eigenvalue weighted by molar-refractivity contribution is -0.384. The highest BCUT2D eigenvalue weighted by molar-refractivity contribution is 5.59. The number of hydrogen-bond acceptors (Lipinski definition) is 4. The van der Waals surface area contributed by atoms with Crippen LogP contribution < -0.4 is 4.90 Å². The lowest BCUT2D eigenvalue weighted by Crippen LogP contribution is -2.44. The highest BCUT2D eigenvalue weighted by Gasteiger charge is 2.25. The Balaban J connectivity index is 3.21. The van der Waals surface area contributed by atoms with E-state index in [4.69, 9.17) is 0 Å². The van der Waals surface area contributed by atoms with E-state index in [1.807, 2.05) is 32.7 Å². The molecule has 0 atom stereocenters. The first-order chi connectivity index (χ1) is 7.79. The number of likely N-dealkylation sites (N-methyl/N-ethyl adjacent to an activating group) is 1. The maximum Gasteiger partial charge on any atom is 0.271 e. The van der Waals surface area contributed by atoms with Crippen LogP contribution in [0.2, 0.25) is 0 Å². The van der Waals surface area contributed by atoms with Gasteiger partial charge in [0.2, 0.25) is 0 Å². The second-order valence-corrected chi connectivity index (χ2v) is 4.76. The molecule has 0 heterocycles. The number of anilines is 1. The van der Waals surface area contributed by atoms with Gasteiger partial charge in [-0.3, -0.25) is 10.1 Å². The molecule has 0 unspecified atom stereocenters. The van der Waals surface area contributed by atoms with Crippen LogP contribution in [0.4, 0.5) is 11.4 Å². The fourth-order valence-electron chi connectivity index (χ4n) is 1.50. The predicted molar refractivity (Wildman–Crippen MR) is 67.4 cm³/mol. The van der Waals surface area contributed by atoms with Gasteiger partial charge in [0.15, 0.2) is 0 Å². The first kappa shape index (κ1) is 13.4. The molecule has 1 aromatic carbocycles. The molecule has 0 bridgehead atoms. The van der Waals surface area contributed by atoms with Crippen molar-refractivity contribution in [3.05, 3.63) is 33.9 Å². The molecule has 0 radical (unpaired) electrons. The normalized spacial score (nSPS) is 11.4. The van der Waals surface area contributed by atoms with Gasteiger partial charge in [0.1, 0.15) is 0 Å². The Kier molecular flexibility index (Phi) is 3.72. The maximum absolute atomic E-state index is 10.7. The van der Waals surface area contributed by atoms with E-state index in [2.05, 4.69) is 0 Å². The molecule has 0 aliphatic heterocycles. The molecule has 0 saturated carbocycles.